The van der Waals surface area contributed by atoms with E-state index in [1.54, 1.807) is 6.07 Å². The number of aliphatic carboxylic acids is 1. The number of nitrogens with zero attached hydrogens (tertiary/aromatic N) is 1. The van der Waals surface area contributed by atoms with Crippen molar-refractivity contribution in [1.29, 1.82) is 0 Å². The van der Waals surface area contributed by atoms with Crippen LogP contribution in [0.2, 0.25) is 0 Å². The fourth-order valence-corrected chi connectivity index (χ4v) is 2.12. The summed E-state index contributed by atoms with van der Waals surface area (Å²) in [5, 5.41) is 12.0. The minimum Gasteiger partial charge on any atom is -0.480 e. The maximum atomic E-state index is 12.3. The average molecular weight is 280 g/mol. The van der Waals surface area contributed by atoms with Crippen molar-refractivity contribution >= 4 is 11.9 Å². The van der Waals surface area contributed by atoms with Gasteiger partial charge in [0.05, 0.1) is 7.11 Å². The Morgan fingerprint density at radius 3 is 2.75 bits per heavy atom. The lowest BCUT2D eigenvalue weighted by molar-refractivity contribution is -0.148. The molecule has 20 heavy (non-hydrogen) atoms. The summed E-state index contributed by atoms with van der Waals surface area (Å²) in [4.78, 5) is 27.7. The summed E-state index contributed by atoms with van der Waals surface area (Å²) in [5.74, 6) is -1.41. The minimum atomic E-state index is -1.30. The molecule has 7 nitrogen and oxygen atoms in total. The number of hydrogen-bond acceptors (Lipinski definition) is 5. The predicted octanol–water partition coefficient (Wildman–Crippen LogP) is 0.454. The van der Waals surface area contributed by atoms with Gasteiger partial charge < -0.3 is 19.9 Å². The molecule has 7 heteroatoms. The number of nitrogens with one attached hydrogen (secondary N) is 1. The number of methoxy groups -OCH3 is 1. The largest absolute Gasteiger partial charge is 0.480 e. The molecule has 0 aromatic carbocycles. The molecule has 0 radical (unpaired) electrons. The van der Waals surface area contributed by atoms with Crippen molar-refractivity contribution in [2.75, 3.05) is 20.3 Å². The second-order valence-corrected chi connectivity index (χ2v) is 4.51. The van der Waals surface area contributed by atoms with E-state index in [9.17, 15) is 14.7 Å². The topological polar surface area (TPSA) is 97.8 Å². The molecule has 2 rings (SSSR count). The first-order valence-electron chi connectivity index (χ1n) is 6.22. The zero-order valence-electron chi connectivity index (χ0n) is 11.1. The normalized spacial score (nSPS) is 17.2. The Balaban J connectivity index is 2.22. The Labute approximate surface area is 115 Å². The summed E-state index contributed by atoms with van der Waals surface area (Å²) in [5.41, 5.74) is -1.09. The maximum Gasteiger partial charge on any atom is 0.329 e. The van der Waals surface area contributed by atoms with Gasteiger partial charge in [-0.15, -0.1) is 0 Å². The Morgan fingerprint density at radius 1 is 1.45 bits per heavy atom. The van der Waals surface area contributed by atoms with Crippen molar-refractivity contribution in [3.8, 4) is 5.88 Å². The molecule has 2 heterocycles. The molecule has 1 fully saturated rings. The van der Waals surface area contributed by atoms with Crippen molar-refractivity contribution in [2.45, 2.75) is 18.4 Å². The Kier molecular flexibility index (Phi) is 4.19. The van der Waals surface area contributed by atoms with Crippen LogP contribution in [0.4, 0.5) is 0 Å². The molecular formula is C13H16N2O5. The first-order chi connectivity index (χ1) is 9.59. The van der Waals surface area contributed by atoms with E-state index in [2.05, 4.69) is 10.3 Å². The number of rotatable bonds is 4. The molecule has 0 atom stereocenters. The second kappa shape index (κ2) is 5.87. The smallest absolute Gasteiger partial charge is 0.329 e. The van der Waals surface area contributed by atoms with Gasteiger partial charge in [-0.3, -0.25) is 4.79 Å². The molecular weight excluding hydrogens is 264 g/mol. The molecule has 0 bridgehead atoms. The van der Waals surface area contributed by atoms with Crippen molar-refractivity contribution in [3.63, 3.8) is 0 Å². The molecule has 0 aliphatic carbocycles. The summed E-state index contributed by atoms with van der Waals surface area (Å²) >= 11 is 0. The fourth-order valence-electron chi connectivity index (χ4n) is 2.12. The Morgan fingerprint density at radius 2 is 2.15 bits per heavy atom. The number of carbonyl (C=O) groups excluding carboxylic acids is 1. The molecule has 0 saturated carbocycles. The highest BCUT2D eigenvalue weighted by Gasteiger charge is 2.42. The van der Waals surface area contributed by atoms with Crippen LogP contribution < -0.4 is 10.1 Å². The van der Waals surface area contributed by atoms with Crippen LogP contribution in [0.5, 0.6) is 5.88 Å². The lowest BCUT2D eigenvalue weighted by atomic mass is 9.90. The van der Waals surface area contributed by atoms with Crippen molar-refractivity contribution in [3.05, 3.63) is 23.9 Å². The summed E-state index contributed by atoms with van der Waals surface area (Å²) in [6.45, 7) is 0.605. The third-order valence-corrected chi connectivity index (χ3v) is 3.32. The molecule has 1 saturated heterocycles. The van der Waals surface area contributed by atoms with Crippen molar-refractivity contribution < 1.29 is 24.2 Å². The lowest BCUT2D eigenvalue weighted by Crippen LogP contribution is -2.57. The van der Waals surface area contributed by atoms with Gasteiger partial charge in [-0.1, -0.05) is 0 Å². The van der Waals surface area contributed by atoms with Gasteiger partial charge in [-0.25, -0.2) is 9.78 Å². The molecule has 1 amide bonds. The van der Waals surface area contributed by atoms with E-state index >= 15 is 0 Å². The average Bonchev–Trinajstić information content (AvgIpc) is 2.48. The van der Waals surface area contributed by atoms with Crippen molar-refractivity contribution in [1.82, 2.24) is 10.3 Å². The quantitative estimate of drug-likeness (QED) is 0.831. The molecule has 0 spiro atoms. The third-order valence-electron chi connectivity index (χ3n) is 3.32. The number of aromatic nitrogens is 1. The van der Waals surface area contributed by atoms with E-state index in [1.165, 1.54) is 19.4 Å². The van der Waals surface area contributed by atoms with Gasteiger partial charge in [0.1, 0.15) is 11.1 Å². The number of carboxylic acid groups (broad SMARTS) is 1. The van der Waals surface area contributed by atoms with Crippen LogP contribution in [-0.4, -0.2) is 47.8 Å². The zero-order chi connectivity index (χ0) is 14.6. The van der Waals surface area contributed by atoms with Gasteiger partial charge in [-0.05, 0) is 12.1 Å². The van der Waals surface area contributed by atoms with E-state index in [4.69, 9.17) is 9.47 Å². The highest BCUT2D eigenvalue weighted by Crippen LogP contribution is 2.23. The van der Waals surface area contributed by atoms with Crippen LogP contribution in [-0.2, 0) is 9.53 Å². The van der Waals surface area contributed by atoms with E-state index in [0.29, 0.717) is 13.2 Å². The number of carbonyl (C=O) groups is 2. The highest BCUT2D eigenvalue weighted by atomic mass is 16.5. The number of amides is 1. The van der Waals surface area contributed by atoms with Gasteiger partial charge in [0.25, 0.3) is 5.91 Å². The number of pyridine rings is 1. The zero-order valence-corrected chi connectivity index (χ0v) is 11.1. The van der Waals surface area contributed by atoms with Crippen LogP contribution in [0.3, 0.4) is 0 Å². The van der Waals surface area contributed by atoms with Gasteiger partial charge >= 0.3 is 5.97 Å². The van der Waals surface area contributed by atoms with Crippen LogP contribution in [0.1, 0.15) is 23.2 Å². The monoisotopic (exact) mass is 280 g/mol. The molecule has 2 N–H and O–H groups in total. The molecule has 1 aromatic heterocycles. The SMILES string of the molecule is COc1ncccc1C(=O)NC1(C(=O)O)CCOCC1. The molecule has 1 aromatic rings. The van der Waals surface area contributed by atoms with Gasteiger partial charge in [0.15, 0.2) is 0 Å². The predicted molar refractivity (Wildman–Crippen MR) is 68.7 cm³/mol. The summed E-state index contributed by atoms with van der Waals surface area (Å²) in [6, 6.07) is 3.13. The van der Waals surface area contributed by atoms with E-state index in [-0.39, 0.29) is 24.3 Å². The van der Waals surface area contributed by atoms with E-state index in [0.717, 1.165) is 0 Å². The molecule has 1 aliphatic heterocycles. The first kappa shape index (κ1) is 14.3. The molecule has 0 unspecified atom stereocenters. The minimum absolute atomic E-state index is 0.164. The van der Waals surface area contributed by atoms with Gasteiger partial charge in [0.2, 0.25) is 5.88 Å². The Bertz CT molecular complexity index is 511. The van der Waals surface area contributed by atoms with Crippen LogP contribution in [0, 0.1) is 0 Å². The number of ether oxygens (including phenoxy) is 2. The molecule has 108 valence electrons. The highest BCUT2D eigenvalue weighted by molar-refractivity contribution is 5.99. The summed E-state index contributed by atoms with van der Waals surface area (Å²) < 4.78 is 10.2. The lowest BCUT2D eigenvalue weighted by Gasteiger charge is -2.33. The van der Waals surface area contributed by atoms with Crippen molar-refractivity contribution in [2.24, 2.45) is 0 Å². The number of hydrogen-bond donors (Lipinski definition) is 2. The fraction of sp³-hybridized carbons (Fsp3) is 0.462. The third kappa shape index (κ3) is 2.72. The summed E-state index contributed by atoms with van der Waals surface area (Å²) in [7, 11) is 1.40. The van der Waals surface area contributed by atoms with Crippen LogP contribution in [0.25, 0.3) is 0 Å². The molecule has 1 aliphatic rings. The van der Waals surface area contributed by atoms with E-state index in [1.807, 2.05) is 0 Å². The van der Waals surface area contributed by atoms with Gasteiger partial charge in [-0.2, -0.15) is 0 Å². The number of carboxylic acids is 1. The standard InChI is InChI=1S/C13H16N2O5/c1-19-11-9(3-2-6-14-11)10(16)15-13(12(17)18)4-7-20-8-5-13/h2-3,6H,4-5,7-8H2,1H3,(H,15,16)(H,17,18). The second-order valence-electron chi connectivity index (χ2n) is 4.51. The van der Waals surface area contributed by atoms with Gasteiger partial charge in [0, 0.05) is 32.3 Å². The first-order valence-corrected chi connectivity index (χ1v) is 6.22. The Hall–Kier alpha value is -2.15. The maximum absolute atomic E-state index is 12.3. The van der Waals surface area contributed by atoms with Crippen LogP contribution >= 0.6 is 0 Å². The van der Waals surface area contributed by atoms with Crippen LogP contribution in [0.15, 0.2) is 18.3 Å². The van der Waals surface area contributed by atoms with E-state index < -0.39 is 17.4 Å². The summed E-state index contributed by atoms with van der Waals surface area (Å²) in [6.07, 6.45) is 1.96.